The summed E-state index contributed by atoms with van der Waals surface area (Å²) >= 11 is 7.58. The Bertz CT molecular complexity index is 861. The molecule has 0 aliphatic rings. The topological polar surface area (TPSA) is 49.4 Å². The van der Waals surface area contributed by atoms with Crippen molar-refractivity contribution in [3.05, 3.63) is 70.2 Å². The SMILES string of the molecule is CC[C@H](C(=O)NC(C)(C)C)N(Cc1ccc(Cl)cc1)C(=O)CSCc1ccc(C)cc1. The summed E-state index contributed by atoms with van der Waals surface area (Å²) in [6.45, 7) is 10.2. The van der Waals surface area contributed by atoms with Gasteiger partial charge in [0.15, 0.2) is 0 Å². The van der Waals surface area contributed by atoms with Crippen LogP contribution < -0.4 is 5.32 Å². The molecule has 0 heterocycles. The van der Waals surface area contributed by atoms with Gasteiger partial charge in [-0.3, -0.25) is 9.59 Å². The van der Waals surface area contributed by atoms with Crippen LogP contribution in [-0.2, 0) is 21.9 Å². The molecule has 0 aliphatic carbocycles. The molecule has 6 heteroatoms. The number of hydrogen-bond acceptors (Lipinski definition) is 3. The van der Waals surface area contributed by atoms with Gasteiger partial charge in [-0.15, -0.1) is 11.8 Å². The summed E-state index contributed by atoms with van der Waals surface area (Å²) in [4.78, 5) is 27.9. The number of carbonyl (C=O) groups excluding carboxylic acids is 2. The van der Waals surface area contributed by atoms with E-state index in [4.69, 9.17) is 11.6 Å². The quantitative estimate of drug-likeness (QED) is 0.529. The first-order valence-corrected chi connectivity index (χ1v) is 12.1. The number of hydrogen-bond donors (Lipinski definition) is 1. The minimum absolute atomic E-state index is 0.0389. The maximum absolute atomic E-state index is 13.2. The molecule has 0 radical (unpaired) electrons. The van der Waals surface area contributed by atoms with Crippen LogP contribution in [0.2, 0.25) is 5.02 Å². The van der Waals surface area contributed by atoms with Crippen molar-refractivity contribution in [1.82, 2.24) is 10.2 Å². The van der Waals surface area contributed by atoms with Crippen molar-refractivity contribution >= 4 is 35.2 Å². The first-order valence-electron chi connectivity index (χ1n) is 10.6. The summed E-state index contributed by atoms with van der Waals surface area (Å²) in [7, 11) is 0. The highest BCUT2D eigenvalue weighted by atomic mass is 35.5. The van der Waals surface area contributed by atoms with E-state index in [1.54, 1.807) is 16.7 Å². The second kappa shape index (κ2) is 11.6. The van der Waals surface area contributed by atoms with Crippen molar-refractivity contribution < 1.29 is 9.59 Å². The van der Waals surface area contributed by atoms with E-state index in [2.05, 4.69) is 36.5 Å². The van der Waals surface area contributed by atoms with Gasteiger partial charge in [0.2, 0.25) is 11.8 Å². The number of aryl methyl sites for hydroxylation is 1. The molecule has 0 aliphatic heterocycles. The average molecular weight is 461 g/mol. The molecular formula is C25H33ClN2O2S. The lowest BCUT2D eigenvalue weighted by atomic mass is 10.1. The lowest BCUT2D eigenvalue weighted by Gasteiger charge is -2.33. The first-order chi connectivity index (χ1) is 14.6. The average Bonchev–Trinajstić information content (AvgIpc) is 2.69. The van der Waals surface area contributed by atoms with Crippen molar-refractivity contribution in [1.29, 1.82) is 0 Å². The molecule has 2 rings (SSSR count). The van der Waals surface area contributed by atoms with Crippen LogP contribution in [0.25, 0.3) is 0 Å². The van der Waals surface area contributed by atoms with E-state index in [0.717, 1.165) is 11.3 Å². The number of amides is 2. The predicted molar refractivity (Wildman–Crippen MR) is 131 cm³/mol. The minimum atomic E-state index is -0.526. The maximum Gasteiger partial charge on any atom is 0.243 e. The van der Waals surface area contributed by atoms with Gasteiger partial charge in [-0.2, -0.15) is 0 Å². The molecule has 0 saturated carbocycles. The van der Waals surface area contributed by atoms with Gasteiger partial charge < -0.3 is 10.2 Å². The lowest BCUT2D eigenvalue weighted by Crippen LogP contribution is -2.53. The molecule has 1 atom stereocenters. The molecule has 31 heavy (non-hydrogen) atoms. The molecule has 0 aromatic heterocycles. The Kier molecular flexibility index (Phi) is 9.45. The highest BCUT2D eigenvalue weighted by molar-refractivity contribution is 7.99. The fourth-order valence-corrected chi connectivity index (χ4v) is 4.18. The largest absolute Gasteiger partial charge is 0.350 e. The fourth-order valence-electron chi connectivity index (χ4n) is 3.18. The van der Waals surface area contributed by atoms with E-state index in [1.807, 2.05) is 52.0 Å². The van der Waals surface area contributed by atoms with Crippen LogP contribution in [0.4, 0.5) is 0 Å². The van der Waals surface area contributed by atoms with Gasteiger partial charge in [0.1, 0.15) is 6.04 Å². The molecule has 2 amide bonds. The monoisotopic (exact) mass is 460 g/mol. The summed E-state index contributed by atoms with van der Waals surface area (Å²) in [5.74, 6) is 0.913. The Morgan fingerprint density at radius 1 is 1.03 bits per heavy atom. The second-order valence-corrected chi connectivity index (χ2v) is 10.2. The zero-order valence-corrected chi connectivity index (χ0v) is 20.6. The van der Waals surface area contributed by atoms with Gasteiger partial charge in [0, 0.05) is 22.9 Å². The number of benzene rings is 2. The molecule has 4 nitrogen and oxygen atoms in total. The van der Waals surface area contributed by atoms with Crippen LogP contribution >= 0.6 is 23.4 Å². The van der Waals surface area contributed by atoms with Crippen molar-refractivity contribution in [2.45, 2.75) is 64.9 Å². The zero-order chi connectivity index (χ0) is 23.0. The van der Waals surface area contributed by atoms with Crippen LogP contribution in [0.15, 0.2) is 48.5 Å². The van der Waals surface area contributed by atoms with Crippen LogP contribution in [-0.4, -0.2) is 34.0 Å². The first kappa shape index (κ1) is 25.3. The Labute approximate surface area is 195 Å². The highest BCUT2D eigenvalue weighted by Gasteiger charge is 2.30. The number of nitrogens with zero attached hydrogens (tertiary/aromatic N) is 1. The molecule has 168 valence electrons. The smallest absolute Gasteiger partial charge is 0.243 e. The van der Waals surface area contributed by atoms with E-state index >= 15 is 0 Å². The predicted octanol–water partition coefficient (Wildman–Crippen LogP) is 5.60. The van der Waals surface area contributed by atoms with Crippen molar-refractivity contribution in [3.63, 3.8) is 0 Å². The number of thioether (sulfide) groups is 1. The number of carbonyl (C=O) groups is 2. The van der Waals surface area contributed by atoms with Crippen LogP contribution in [0.3, 0.4) is 0 Å². The van der Waals surface area contributed by atoms with Gasteiger partial charge >= 0.3 is 0 Å². The molecule has 0 spiro atoms. The molecule has 0 unspecified atom stereocenters. The van der Waals surface area contributed by atoms with Gasteiger partial charge in [-0.25, -0.2) is 0 Å². The minimum Gasteiger partial charge on any atom is -0.350 e. The molecule has 0 saturated heterocycles. The molecule has 0 bridgehead atoms. The van der Waals surface area contributed by atoms with Crippen LogP contribution in [0.1, 0.15) is 50.8 Å². The van der Waals surface area contributed by atoms with Gasteiger partial charge in [0.25, 0.3) is 0 Å². The third-order valence-electron chi connectivity index (χ3n) is 4.77. The second-order valence-electron chi connectivity index (χ2n) is 8.79. The highest BCUT2D eigenvalue weighted by Crippen LogP contribution is 2.19. The van der Waals surface area contributed by atoms with Gasteiger partial charge in [-0.05, 0) is 57.4 Å². The van der Waals surface area contributed by atoms with Crippen molar-refractivity contribution in [3.8, 4) is 0 Å². The molecule has 2 aromatic rings. The third kappa shape index (κ3) is 8.58. The van der Waals surface area contributed by atoms with E-state index < -0.39 is 6.04 Å². The van der Waals surface area contributed by atoms with E-state index in [-0.39, 0.29) is 17.4 Å². The van der Waals surface area contributed by atoms with E-state index in [9.17, 15) is 9.59 Å². The maximum atomic E-state index is 13.2. The Balaban J connectivity index is 2.14. The molecule has 0 fully saturated rings. The molecule has 1 N–H and O–H groups in total. The van der Waals surface area contributed by atoms with Gasteiger partial charge in [0.05, 0.1) is 5.75 Å². The molecular weight excluding hydrogens is 428 g/mol. The van der Waals surface area contributed by atoms with Crippen LogP contribution in [0.5, 0.6) is 0 Å². The Morgan fingerprint density at radius 2 is 1.61 bits per heavy atom. The summed E-state index contributed by atoms with van der Waals surface area (Å²) in [6.07, 6.45) is 0.546. The summed E-state index contributed by atoms with van der Waals surface area (Å²) in [6, 6.07) is 15.2. The number of rotatable bonds is 9. The standard InChI is InChI=1S/C25H33ClN2O2S/c1-6-22(24(30)27-25(3,4)5)28(15-19-11-13-21(26)14-12-19)23(29)17-31-16-20-9-7-18(2)8-10-20/h7-14,22H,6,15-17H2,1-5H3,(H,27,30)/t22-/m1/s1. The zero-order valence-electron chi connectivity index (χ0n) is 19.1. The Hall–Kier alpha value is -1.98. The van der Waals surface area contributed by atoms with Crippen molar-refractivity contribution in [2.24, 2.45) is 0 Å². The normalized spacial score (nSPS) is 12.3. The lowest BCUT2D eigenvalue weighted by molar-refractivity contribution is -0.140. The fraction of sp³-hybridized carbons (Fsp3) is 0.440. The third-order valence-corrected chi connectivity index (χ3v) is 6.01. The van der Waals surface area contributed by atoms with Crippen molar-refractivity contribution in [2.75, 3.05) is 5.75 Å². The summed E-state index contributed by atoms with van der Waals surface area (Å²) < 4.78 is 0. The van der Waals surface area contributed by atoms with E-state index in [0.29, 0.717) is 23.7 Å². The van der Waals surface area contributed by atoms with E-state index in [1.165, 1.54) is 11.1 Å². The number of nitrogens with one attached hydrogen (secondary N) is 1. The summed E-state index contributed by atoms with van der Waals surface area (Å²) in [5, 5.41) is 3.67. The van der Waals surface area contributed by atoms with Gasteiger partial charge in [-0.1, -0.05) is 60.5 Å². The number of halogens is 1. The van der Waals surface area contributed by atoms with Crippen LogP contribution in [0, 0.1) is 6.92 Å². The molecule has 2 aromatic carbocycles. The summed E-state index contributed by atoms with van der Waals surface area (Å²) in [5.41, 5.74) is 2.99. The Morgan fingerprint density at radius 3 is 2.16 bits per heavy atom.